The second kappa shape index (κ2) is 9.68. The van der Waals surface area contributed by atoms with Gasteiger partial charge in [0, 0.05) is 56.1 Å². The number of amides is 1. The maximum Gasteiger partial charge on any atom is 0.282 e. The second-order valence-corrected chi connectivity index (χ2v) is 12.0. The van der Waals surface area contributed by atoms with E-state index in [0.717, 1.165) is 12.1 Å². The van der Waals surface area contributed by atoms with E-state index in [1.54, 1.807) is 0 Å². The molecule has 0 radical (unpaired) electrons. The summed E-state index contributed by atoms with van der Waals surface area (Å²) in [7, 11) is -3.73. The van der Waals surface area contributed by atoms with Gasteiger partial charge >= 0.3 is 0 Å². The highest BCUT2D eigenvalue weighted by Crippen LogP contribution is 2.39. The van der Waals surface area contributed by atoms with Crippen molar-refractivity contribution < 1.29 is 31.5 Å². The maximum absolute atomic E-state index is 14.3. The van der Waals surface area contributed by atoms with Crippen molar-refractivity contribution in [1.82, 2.24) is 13.9 Å². The Kier molecular flexibility index (Phi) is 6.74. The molecule has 0 bridgehead atoms. The number of ether oxygens (including phenoxy) is 1. The van der Waals surface area contributed by atoms with Crippen LogP contribution in [0.25, 0.3) is 0 Å². The Morgan fingerprint density at radius 1 is 1.06 bits per heavy atom. The zero-order valence-corrected chi connectivity index (χ0v) is 20.5. The highest BCUT2D eigenvalue weighted by atomic mass is 32.2. The first-order valence-electron chi connectivity index (χ1n) is 12.3. The van der Waals surface area contributed by atoms with Gasteiger partial charge < -0.3 is 10.1 Å². The number of nitrogens with zero attached hydrogens (tertiary/aromatic N) is 3. The summed E-state index contributed by atoms with van der Waals surface area (Å²) in [5.41, 5.74) is 0.100. The van der Waals surface area contributed by atoms with Crippen LogP contribution < -0.4 is 10.1 Å². The minimum absolute atomic E-state index is 0.0224. The maximum atomic E-state index is 14.3. The van der Waals surface area contributed by atoms with Gasteiger partial charge in [-0.15, -0.1) is 0 Å². The molecule has 5 rings (SSSR count). The molecular weight excluding hydrogens is 494 g/mol. The number of rotatable bonds is 6. The molecule has 2 unspecified atom stereocenters. The average Bonchev–Trinajstić information content (AvgIpc) is 3.45. The van der Waals surface area contributed by atoms with Gasteiger partial charge in [0.05, 0.1) is 23.6 Å². The number of carbonyl (C=O) groups is 2. The monoisotopic (exact) mass is 522 g/mol. The van der Waals surface area contributed by atoms with Crippen LogP contribution in [-0.2, 0) is 19.8 Å². The molecule has 0 aromatic heterocycles. The van der Waals surface area contributed by atoms with Gasteiger partial charge in [0.2, 0.25) is 5.91 Å². The van der Waals surface area contributed by atoms with Crippen molar-refractivity contribution in [2.75, 3.05) is 32.8 Å². The number of hydrogen-bond acceptors (Lipinski definition) is 6. The minimum atomic E-state index is -3.73. The molecule has 3 aliphatic heterocycles. The largest absolute Gasteiger partial charge is 0.490 e. The van der Waals surface area contributed by atoms with Gasteiger partial charge in [0.1, 0.15) is 29.8 Å². The van der Waals surface area contributed by atoms with E-state index in [1.165, 1.54) is 8.61 Å². The lowest BCUT2D eigenvalue weighted by Crippen LogP contribution is -2.57. The number of hydrogen-bond donors (Lipinski definition) is 1. The smallest absolute Gasteiger partial charge is 0.282 e. The number of nitriles is 1. The fourth-order valence-corrected chi connectivity index (χ4v) is 7.63. The van der Waals surface area contributed by atoms with Crippen molar-refractivity contribution in [2.45, 2.75) is 38.1 Å². The summed E-state index contributed by atoms with van der Waals surface area (Å²) < 4.78 is 61.6. The highest BCUT2D eigenvalue weighted by molar-refractivity contribution is 7.86. The lowest BCUT2D eigenvalue weighted by Gasteiger charge is -2.40. The van der Waals surface area contributed by atoms with E-state index in [1.807, 2.05) is 0 Å². The molecule has 1 amide bonds. The van der Waals surface area contributed by atoms with E-state index in [2.05, 4.69) is 11.4 Å². The van der Waals surface area contributed by atoms with E-state index in [9.17, 15) is 26.8 Å². The normalized spacial score (nSPS) is 29.1. The van der Waals surface area contributed by atoms with Crippen LogP contribution in [0, 0.1) is 46.6 Å². The van der Waals surface area contributed by atoms with Crippen molar-refractivity contribution in [1.29, 1.82) is 5.26 Å². The predicted molar refractivity (Wildman–Crippen MR) is 122 cm³/mol. The molecule has 4 atom stereocenters. The number of fused-ring (bicyclic) bond motifs is 1. The first-order chi connectivity index (χ1) is 17.2. The van der Waals surface area contributed by atoms with Crippen molar-refractivity contribution in [2.24, 2.45) is 23.7 Å². The summed E-state index contributed by atoms with van der Waals surface area (Å²) in [5, 5.41) is 11.7. The van der Waals surface area contributed by atoms with E-state index < -0.39 is 45.6 Å². The van der Waals surface area contributed by atoms with Crippen LogP contribution in [0.4, 0.5) is 8.78 Å². The van der Waals surface area contributed by atoms with E-state index in [4.69, 9.17) is 10.00 Å². The van der Waals surface area contributed by atoms with Gasteiger partial charge in [-0.05, 0) is 25.7 Å². The first kappa shape index (κ1) is 25.0. The summed E-state index contributed by atoms with van der Waals surface area (Å²) in [6.07, 6.45) is 2.82. The number of Topliss-reactive ketones (excluding diaryl/α,β-unsaturated/α-hetero) is 1. The van der Waals surface area contributed by atoms with Crippen LogP contribution in [0.3, 0.4) is 0 Å². The summed E-state index contributed by atoms with van der Waals surface area (Å²) in [5.74, 6) is -3.92. The molecule has 1 saturated carbocycles. The lowest BCUT2D eigenvalue weighted by molar-refractivity contribution is -0.135. The number of piperidine rings is 1. The van der Waals surface area contributed by atoms with Gasteiger partial charge in [-0.2, -0.15) is 22.3 Å². The van der Waals surface area contributed by atoms with Crippen LogP contribution in [-0.4, -0.2) is 61.5 Å². The van der Waals surface area contributed by atoms with Crippen LogP contribution in [0.15, 0.2) is 12.1 Å². The molecule has 3 fully saturated rings. The standard InChI is InChI=1S/C24H28F2N4O5S/c25-16-7-19(26)22-20(13-35-21(22)8-16)28-24(32)18-5-1-4-17(18)23(31)15-3-2-6-29(12-15)36(33,34)30-10-14(9-27)11-30/h7-8,14-15,17-18,20H,1-6,10-13H2,(H,28,32)/t15-,17?,18-,20?/m0/s1. The van der Waals surface area contributed by atoms with Crippen LogP contribution >= 0.6 is 0 Å². The van der Waals surface area contributed by atoms with Gasteiger partial charge in [0.15, 0.2) is 0 Å². The third-order valence-corrected chi connectivity index (χ3v) is 9.75. The molecule has 12 heteroatoms. The van der Waals surface area contributed by atoms with Crippen molar-refractivity contribution in [3.63, 3.8) is 0 Å². The Balaban J connectivity index is 1.24. The molecule has 194 valence electrons. The molecule has 0 spiro atoms. The zero-order valence-electron chi connectivity index (χ0n) is 19.7. The van der Waals surface area contributed by atoms with Crippen LogP contribution in [0.5, 0.6) is 5.75 Å². The van der Waals surface area contributed by atoms with Crippen molar-refractivity contribution in [3.05, 3.63) is 29.3 Å². The summed E-state index contributed by atoms with van der Waals surface area (Å²) >= 11 is 0. The number of carbonyl (C=O) groups excluding carboxylic acids is 2. The number of benzene rings is 1. The zero-order chi connectivity index (χ0) is 25.6. The quantitative estimate of drug-likeness (QED) is 0.610. The third kappa shape index (κ3) is 4.48. The Hall–Kier alpha value is -2.62. The first-order valence-corrected chi connectivity index (χ1v) is 13.7. The summed E-state index contributed by atoms with van der Waals surface area (Å²) in [4.78, 5) is 26.6. The van der Waals surface area contributed by atoms with E-state index in [0.29, 0.717) is 38.6 Å². The average molecular weight is 523 g/mol. The van der Waals surface area contributed by atoms with Crippen LogP contribution in [0.2, 0.25) is 0 Å². The number of ketones is 1. The Morgan fingerprint density at radius 3 is 2.56 bits per heavy atom. The molecule has 1 aliphatic carbocycles. The number of halogens is 2. The summed E-state index contributed by atoms with van der Waals surface area (Å²) in [6.45, 7) is 0.702. The second-order valence-electron chi connectivity index (χ2n) is 10.1. The fraction of sp³-hybridized carbons (Fsp3) is 0.625. The third-order valence-electron chi connectivity index (χ3n) is 7.81. The molecule has 1 N–H and O–H groups in total. The lowest BCUT2D eigenvalue weighted by atomic mass is 9.82. The topological polar surface area (TPSA) is 120 Å². The van der Waals surface area contributed by atoms with Gasteiger partial charge in [-0.25, -0.2) is 8.78 Å². The van der Waals surface area contributed by atoms with Gasteiger partial charge in [0.25, 0.3) is 10.2 Å². The van der Waals surface area contributed by atoms with E-state index >= 15 is 0 Å². The van der Waals surface area contributed by atoms with Gasteiger partial charge in [-0.1, -0.05) is 6.42 Å². The SMILES string of the molecule is N#CC1CN(S(=O)(=O)N2CCC[C@H](C(=O)C3CCC[C@@H]3C(=O)NC3COc4cc(F)cc(F)c43)C2)C1. The molecule has 1 aromatic rings. The van der Waals surface area contributed by atoms with Crippen molar-refractivity contribution >= 4 is 21.9 Å². The highest BCUT2D eigenvalue weighted by Gasteiger charge is 2.45. The molecule has 1 aromatic carbocycles. The van der Waals surface area contributed by atoms with Gasteiger partial charge in [-0.3, -0.25) is 9.59 Å². The van der Waals surface area contributed by atoms with Crippen molar-refractivity contribution in [3.8, 4) is 11.8 Å². The Morgan fingerprint density at radius 2 is 1.81 bits per heavy atom. The molecule has 2 saturated heterocycles. The Bertz CT molecular complexity index is 1210. The predicted octanol–water partition coefficient (Wildman–Crippen LogP) is 1.91. The number of nitrogens with one attached hydrogen (secondary N) is 1. The summed E-state index contributed by atoms with van der Waals surface area (Å²) in [6, 6.07) is 3.12. The molecule has 9 nitrogen and oxygen atoms in total. The van der Waals surface area contributed by atoms with E-state index in [-0.39, 0.29) is 55.2 Å². The Labute approximate surface area is 208 Å². The minimum Gasteiger partial charge on any atom is -0.490 e. The molecular formula is C24H28F2N4O5S. The molecule has 4 aliphatic rings. The molecule has 3 heterocycles. The molecule has 36 heavy (non-hydrogen) atoms. The van der Waals surface area contributed by atoms with Crippen LogP contribution in [0.1, 0.15) is 43.7 Å². The fourth-order valence-electron chi connectivity index (χ4n) is 5.84.